The average molecular weight is 247 g/mol. The molecular weight excluding hydrogens is 234 g/mol. The summed E-state index contributed by atoms with van der Waals surface area (Å²) in [6.45, 7) is 1.22. The molecule has 0 aliphatic rings. The SMILES string of the molecule is CC(O)=C(C=NC(=O)Cc1ccccc1)C(=O)O. The summed E-state index contributed by atoms with van der Waals surface area (Å²) < 4.78 is 0. The van der Waals surface area contributed by atoms with E-state index in [4.69, 9.17) is 10.2 Å². The van der Waals surface area contributed by atoms with E-state index in [-0.39, 0.29) is 6.42 Å². The van der Waals surface area contributed by atoms with E-state index in [2.05, 4.69) is 4.99 Å². The van der Waals surface area contributed by atoms with Gasteiger partial charge in [-0.1, -0.05) is 30.3 Å². The Kier molecular flexibility index (Phi) is 4.80. The van der Waals surface area contributed by atoms with E-state index >= 15 is 0 Å². The van der Waals surface area contributed by atoms with Crippen LogP contribution in [-0.4, -0.2) is 28.3 Å². The Hall–Kier alpha value is -2.43. The molecule has 0 aliphatic carbocycles. The first-order chi connectivity index (χ1) is 8.50. The van der Waals surface area contributed by atoms with Gasteiger partial charge in [0.15, 0.2) is 0 Å². The number of allylic oxidation sites excluding steroid dienone is 1. The van der Waals surface area contributed by atoms with Crippen molar-refractivity contribution in [2.24, 2.45) is 4.99 Å². The van der Waals surface area contributed by atoms with Gasteiger partial charge in [0, 0.05) is 6.21 Å². The number of carbonyl (C=O) groups is 2. The minimum Gasteiger partial charge on any atom is -0.512 e. The van der Waals surface area contributed by atoms with Crippen LogP contribution in [0, 0.1) is 0 Å². The van der Waals surface area contributed by atoms with Crippen LogP contribution in [0.1, 0.15) is 12.5 Å². The van der Waals surface area contributed by atoms with Gasteiger partial charge in [0.1, 0.15) is 11.3 Å². The van der Waals surface area contributed by atoms with E-state index in [0.717, 1.165) is 11.8 Å². The second kappa shape index (κ2) is 6.34. The zero-order valence-corrected chi connectivity index (χ0v) is 9.83. The number of rotatable bonds is 4. The third-order valence-corrected chi connectivity index (χ3v) is 2.16. The fourth-order valence-electron chi connectivity index (χ4n) is 1.26. The van der Waals surface area contributed by atoms with Crippen molar-refractivity contribution >= 4 is 18.1 Å². The molecule has 1 amide bonds. The molecular formula is C13H13NO4. The predicted octanol–water partition coefficient (Wildman–Crippen LogP) is 1.74. The molecule has 1 aromatic rings. The van der Waals surface area contributed by atoms with Crippen LogP contribution in [0.4, 0.5) is 0 Å². The number of nitrogens with zero attached hydrogens (tertiary/aromatic N) is 1. The number of carboxylic acid groups (broad SMARTS) is 1. The summed E-state index contributed by atoms with van der Waals surface area (Å²) >= 11 is 0. The van der Waals surface area contributed by atoms with Gasteiger partial charge in [-0.3, -0.25) is 4.79 Å². The number of carbonyl (C=O) groups excluding carboxylic acids is 1. The minimum atomic E-state index is -1.33. The van der Waals surface area contributed by atoms with Crippen LogP contribution in [0.25, 0.3) is 0 Å². The molecule has 0 unspecified atom stereocenters. The van der Waals surface area contributed by atoms with Crippen molar-refractivity contribution in [2.75, 3.05) is 0 Å². The molecule has 0 saturated heterocycles. The molecule has 94 valence electrons. The Labute approximate surface area is 104 Å². The van der Waals surface area contributed by atoms with Gasteiger partial charge in [0.05, 0.1) is 6.42 Å². The first-order valence-electron chi connectivity index (χ1n) is 5.24. The minimum absolute atomic E-state index is 0.0920. The maximum atomic E-state index is 11.5. The number of aliphatic hydroxyl groups is 1. The third kappa shape index (κ3) is 4.21. The first-order valence-corrected chi connectivity index (χ1v) is 5.24. The molecule has 0 radical (unpaired) electrons. The van der Waals surface area contributed by atoms with E-state index in [0.29, 0.717) is 0 Å². The molecule has 1 rings (SSSR count). The Bertz CT molecular complexity index is 499. The smallest absolute Gasteiger partial charge is 0.340 e. The summed E-state index contributed by atoms with van der Waals surface area (Å²) in [5.41, 5.74) is 0.401. The van der Waals surface area contributed by atoms with Gasteiger partial charge in [-0.2, -0.15) is 0 Å². The lowest BCUT2D eigenvalue weighted by Crippen LogP contribution is -2.07. The molecule has 0 heterocycles. The number of amides is 1. The van der Waals surface area contributed by atoms with Gasteiger partial charge in [-0.15, -0.1) is 0 Å². The van der Waals surface area contributed by atoms with E-state index in [1.54, 1.807) is 24.3 Å². The van der Waals surface area contributed by atoms with Crippen molar-refractivity contribution in [1.29, 1.82) is 0 Å². The zero-order chi connectivity index (χ0) is 13.5. The average Bonchev–Trinajstić information content (AvgIpc) is 2.29. The molecule has 0 aliphatic heterocycles. The Morgan fingerprint density at radius 3 is 2.33 bits per heavy atom. The molecule has 0 spiro atoms. The van der Waals surface area contributed by atoms with Crippen molar-refractivity contribution < 1.29 is 19.8 Å². The fraction of sp³-hybridized carbons (Fsp3) is 0.154. The van der Waals surface area contributed by atoms with Crippen molar-refractivity contribution in [3.63, 3.8) is 0 Å². The summed E-state index contributed by atoms with van der Waals surface area (Å²) in [5, 5.41) is 17.8. The normalized spacial score (nSPS) is 12.3. The number of aliphatic hydroxyl groups excluding tert-OH is 1. The maximum Gasteiger partial charge on any atom is 0.340 e. The molecule has 18 heavy (non-hydrogen) atoms. The van der Waals surface area contributed by atoms with E-state index in [1.807, 2.05) is 6.07 Å². The number of benzene rings is 1. The molecule has 0 fully saturated rings. The van der Waals surface area contributed by atoms with Crippen LogP contribution in [0.3, 0.4) is 0 Å². The molecule has 0 bridgehead atoms. The summed E-state index contributed by atoms with van der Waals surface area (Å²) in [5.74, 6) is -2.19. The van der Waals surface area contributed by atoms with Gasteiger partial charge in [0.25, 0.3) is 0 Å². The van der Waals surface area contributed by atoms with Crippen LogP contribution in [0.5, 0.6) is 0 Å². The highest BCUT2D eigenvalue weighted by atomic mass is 16.4. The molecule has 5 heteroatoms. The van der Waals surface area contributed by atoms with Gasteiger partial charge < -0.3 is 10.2 Å². The highest BCUT2D eigenvalue weighted by Gasteiger charge is 2.09. The highest BCUT2D eigenvalue weighted by molar-refractivity contribution is 6.11. The second-order valence-electron chi connectivity index (χ2n) is 3.62. The summed E-state index contributed by atoms with van der Waals surface area (Å²) in [6, 6.07) is 8.98. The molecule has 0 saturated carbocycles. The van der Waals surface area contributed by atoms with Crippen LogP contribution < -0.4 is 0 Å². The summed E-state index contributed by atoms with van der Waals surface area (Å²) in [4.78, 5) is 25.7. The number of carboxylic acids is 1. The quantitative estimate of drug-likeness (QED) is 0.482. The number of hydrogen-bond donors (Lipinski definition) is 2. The lowest BCUT2D eigenvalue weighted by atomic mass is 10.1. The van der Waals surface area contributed by atoms with E-state index in [1.165, 1.54) is 6.92 Å². The Morgan fingerprint density at radius 1 is 1.22 bits per heavy atom. The Balaban J connectivity index is 2.71. The molecule has 0 aromatic heterocycles. The monoisotopic (exact) mass is 247 g/mol. The van der Waals surface area contributed by atoms with Crippen molar-refractivity contribution in [3.05, 3.63) is 47.2 Å². The van der Waals surface area contributed by atoms with Crippen LogP contribution in [-0.2, 0) is 16.0 Å². The number of aliphatic carboxylic acids is 1. The van der Waals surface area contributed by atoms with Gasteiger partial charge in [-0.25, -0.2) is 9.79 Å². The molecule has 0 atom stereocenters. The zero-order valence-electron chi connectivity index (χ0n) is 9.83. The lowest BCUT2D eigenvalue weighted by Gasteiger charge is -1.97. The number of hydrogen-bond acceptors (Lipinski definition) is 3. The van der Waals surface area contributed by atoms with Crippen molar-refractivity contribution in [1.82, 2.24) is 0 Å². The lowest BCUT2D eigenvalue weighted by molar-refractivity contribution is -0.132. The van der Waals surface area contributed by atoms with E-state index in [9.17, 15) is 9.59 Å². The van der Waals surface area contributed by atoms with Crippen LogP contribution >= 0.6 is 0 Å². The Morgan fingerprint density at radius 2 is 1.83 bits per heavy atom. The van der Waals surface area contributed by atoms with Crippen LogP contribution in [0.2, 0.25) is 0 Å². The van der Waals surface area contributed by atoms with Gasteiger partial charge in [0.2, 0.25) is 5.91 Å². The highest BCUT2D eigenvalue weighted by Crippen LogP contribution is 2.02. The summed E-state index contributed by atoms with van der Waals surface area (Å²) in [6.07, 6.45) is 0.956. The molecule has 2 N–H and O–H groups in total. The second-order valence-corrected chi connectivity index (χ2v) is 3.62. The summed E-state index contributed by atoms with van der Waals surface area (Å²) in [7, 11) is 0. The van der Waals surface area contributed by atoms with Crippen molar-refractivity contribution in [3.8, 4) is 0 Å². The van der Waals surface area contributed by atoms with Gasteiger partial charge in [-0.05, 0) is 12.5 Å². The topological polar surface area (TPSA) is 87.0 Å². The van der Waals surface area contributed by atoms with Crippen molar-refractivity contribution in [2.45, 2.75) is 13.3 Å². The fourth-order valence-corrected chi connectivity index (χ4v) is 1.26. The number of aliphatic imine (C=N–C) groups is 1. The van der Waals surface area contributed by atoms with E-state index < -0.39 is 23.2 Å². The third-order valence-electron chi connectivity index (χ3n) is 2.16. The first kappa shape index (κ1) is 13.6. The van der Waals surface area contributed by atoms with Crippen LogP contribution in [0.15, 0.2) is 46.7 Å². The van der Waals surface area contributed by atoms with Gasteiger partial charge >= 0.3 is 5.97 Å². The maximum absolute atomic E-state index is 11.5. The largest absolute Gasteiger partial charge is 0.512 e. The molecule has 1 aromatic carbocycles. The molecule has 5 nitrogen and oxygen atoms in total. The standard InChI is InChI=1S/C13H13NO4/c1-9(15)11(13(17)18)8-14-12(16)7-10-5-3-2-4-6-10/h2-6,8,15H,7H2,1H3,(H,17,18). The predicted molar refractivity (Wildman–Crippen MR) is 66.6 cm³/mol.